The van der Waals surface area contributed by atoms with Crippen molar-refractivity contribution >= 4 is 21.7 Å². The van der Waals surface area contributed by atoms with E-state index in [-0.39, 0.29) is 23.7 Å². The van der Waals surface area contributed by atoms with Gasteiger partial charge in [0.2, 0.25) is 0 Å². The highest BCUT2D eigenvalue weighted by atomic mass is 32.2. The molecule has 1 aliphatic carbocycles. The van der Waals surface area contributed by atoms with Gasteiger partial charge >= 0.3 is 12.2 Å². The summed E-state index contributed by atoms with van der Waals surface area (Å²) in [7, 11) is -3.44. The molecule has 2 rings (SSSR count). The standard InChI is InChI=1S/C12H14F3N3O3S/c1-22(20,21)8-2-3-16-10(5-8)18-11(19)17-6-7-4-9(7)12(13,14)15/h2-3,5,7,9H,4,6H2,1H3,(H2,16,17,18,19)/t7-,9+/m0/s1. The van der Waals surface area contributed by atoms with E-state index in [4.69, 9.17) is 0 Å². The van der Waals surface area contributed by atoms with Gasteiger partial charge in [-0.2, -0.15) is 13.2 Å². The molecule has 1 aliphatic rings. The maximum absolute atomic E-state index is 12.3. The third-order valence-electron chi connectivity index (χ3n) is 3.27. The van der Waals surface area contributed by atoms with E-state index in [1.807, 2.05) is 0 Å². The van der Waals surface area contributed by atoms with Crippen molar-refractivity contribution < 1.29 is 26.4 Å². The van der Waals surface area contributed by atoms with Crippen LogP contribution in [0.4, 0.5) is 23.8 Å². The van der Waals surface area contributed by atoms with E-state index in [9.17, 15) is 26.4 Å². The lowest BCUT2D eigenvalue weighted by molar-refractivity contribution is -0.150. The molecule has 1 saturated carbocycles. The summed E-state index contributed by atoms with van der Waals surface area (Å²) in [5.74, 6) is -1.97. The van der Waals surface area contributed by atoms with Crippen LogP contribution >= 0.6 is 0 Å². The predicted molar refractivity (Wildman–Crippen MR) is 72.0 cm³/mol. The van der Waals surface area contributed by atoms with Crippen LogP contribution in [0.2, 0.25) is 0 Å². The summed E-state index contributed by atoms with van der Waals surface area (Å²) >= 11 is 0. The van der Waals surface area contributed by atoms with Crippen LogP contribution < -0.4 is 10.6 Å². The highest BCUT2D eigenvalue weighted by Gasteiger charge is 2.55. The zero-order valence-electron chi connectivity index (χ0n) is 11.5. The second kappa shape index (κ2) is 5.75. The number of sulfone groups is 1. The lowest BCUT2D eigenvalue weighted by Crippen LogP contribution is -2.31. The molecule has 1 heterocycles. The Bertz CT molecular complexity index is 676. The van der Waals surface area contributed by atoms with Gasteiger partial charge in [-0.3, -0.25) is 5.32 Å². The molecule has 0 saturated heterocycles. The summed E-state index contributed by atoms with van der Waals surface area (Å²) in [4.78, 5) is 15.3. The third kappa shape index (κ3) is 4.33. The highest BCUT2D eigenvalue weighted by Crippen LogP contribution is 2.49. The number of hydrogen-bond acceptors (Lipinski definition) is 4. The van der Waals surface area contributed by atoms with Crippen LogP contribution in [0.25, 0.3) is 0 Å². The first-order valence-corrected chi connectivity index (χ1v) is 8.24. The molecule has 1 fully saturated rings. The third-order valence-corrected chi connectivity index (χ3v) is 4.38. The van der Waals surface area contributed by atoms with E-state index in [1.165, 1.54) is 18.3 Å². The largest absolute Gasteiger partial charge is 0.392 e. The van der Waals surface area contributed by atoms with Crippen LogP contribution in [0, 0.1) is 11.8 Å². The van der Waals surface area contributed by atoms with E-state index in [2.05, 4.69) is 15.6 Å². The monoisotopic (exact) mass is 337 g/mol. The number of hydrogen-bond donors (Lipinski definition) is 2. The number of aromatic nitrogens is 1. The van der Waals surface area contributed by atoms with Crippen molar-refractivity contribution in [2.24, 2.45) is 11.8 Å². The van der Waals surface area contributed by atoms with Crippen LogP contribution in [0.1, 0.15) is 6.42 Å². The quantitative estimate of drug-likeness (QED) is 0.877. The zero-order chi connectivity index (χ0) is 16.5. The lowest BCUT2D eigenvalue weighted by atomic mass is 10.3. The van der Waals surface area contributed by atoms with Crippen LogP contribution in [0.15, 0.2) is 23.2 Å². The van der Waals surface area contributed by atoms with Gasteiger partial charge in [0, 0.05) is 19.0 Å². The molecule has 0 bridgehead atoms. The van der Waals surface area contributed by atoms with E-state index in [1.54, 1.807) is 0 Å². The number of rotatable bonds is 4. The zero-order valence-corrected chi connectivity index (χ0v) is 12.3. The Kier molecular flexibility index (Phi) is 4.32. The van der Waals surface area contributed by atoms with Crippen molar-refractivity contribution in [3.8, 4) is 0 Å². The molecule has 2 N–H and O–H groups in total. The Labute approximate surface area is 125 Å². The minimum Gasteiger partial charge on any atom is -0.338 e. The summed E-state index contributed by atoms with van der Waals surface area (Å²) in [6, 6.07) is 1.71. The minimum atomic E-state index is -4.23. The summed E-state index contributed by atoms with van der Waals surface area (Å²) in [5, 5.41) is 4.60. The summed E-state index contributed by atoms with van der Waals surface area (Å²) in [6.45, 7) is -0.0955. The first-order valence-electron chi connectivity index (χ1n) is 6.35. The maximum Gasteiger partial charge on any atom is 0.392 e. The Morgan fingerprint density at radius 1 is 1.45 bits per heavy atom. The van der Waals surface area contributed by atoms with Crippen LogP contribution in [0.5, 0.6) is 0 Å². The maximum atomic E-state index is 12.3. The van der Waals surface area contributed by atoms with Gasteiger partial charge < -0.3 is 5.32 Å². The lowest BCUT2D eigenvalue weighted by Gasteiger charge is -2.08. The number of anilines is 1. The Morgan fingerprint density at radius 3 is 2.68 bits per heavy atom. The smallest absolute Gasteiger partial charge is 0.338 e. The average Bonchev–Trinajstić information content (AvgIpc) is 3.15. The fourth-order valence-electron chi connectivity index (χ4n) is 1.97. The fourth-order valence-corrected chi connectivity index (χ4v) is 2.60. The van der Waals surface area contributed by atoms with Gasteiger partial charge in [0.1, 0.15) is 5.82 Å². The molecule has 1 aromatic rings. The molecule has 10 heteroatoms. The molecular weight excluding hydrogens is 323 g/mol. The molecule has 0 unspecified atom stereocenters. The summed E-state index contributed by atoms with van der Waals surface area (Å²) < 4.78 is 59.7. The molecule has 1 aromatic heterocycles. The van der Waals surface area contributed by atoms with Crippen molar-refractivity contribution in [1.82, 2.24) is 10.3 Å². The Hall–Kier alpha value is -1.84. The number of alkyl halides is 3. The van der Waals surface area contributed by atoms with Gasteiger partial charge in [0.25, 0.3) is 0 Å². The van der Waals surface area contributed by atoms with Crippen LogP contribution in [-0.4, -0.2) is 38.4 Å². The summed E-state index contributed by atoms with van der Waals surface area (Å²) in [6.07, 6.45) is -2.00. The van der Waals surface area contributed by atoms with Gasteiger partial charge in [-0.15, -0.1) is 0 Å². The van der Waals surface area contributed by atoms with Crippen molar-refractivity contribution in [1.29, 1.82) is 0 Å². The number of pyridine rings is 1. The molecule has 22 heavy (non-hydrogen) atoms. The molecule has 0 aromatic carbocycles. The SMILES string of the molecule is CS(=O)(=O)c1ccnc(NC(=O)NC[C@@H]2C[C@H]2C(F)(F)F)c1. The number of carbonyl (C=O) groups excluding carboxylic acids is 1. The van der Waals surface area contributed by atoms with E-state index in [0.29, 0.717) is 0 Å². The van der Waals surface area contributed by atoms with Crippen LogP contribution in [-0.2, 0) is 9.84 Å². The van der Waals surface area contributed by atoms with Gasteiger partial charge in [0.15, 0.2) is 9.84 Å². The molecular formula is C12H14F3N3O3S. The summed E-state index contributed by atoms with van der Waals surface area (Å²) in [5.41, 5.74) is 0. The van der Waals surface area contributed by atoms with Crippen molar-refractivity contribution in [2.45, 2.75) is 17.5 Å². The molecule has 122 valence electrons. The normalized spacial score (nSPS) is 21.3. The molecule has 0 spiro atoms. The van der Waals surface area contributed by atoms with E-state index in [0.717, 1.165) is 6.26 Å². The predicted octanol–water partition coefficient (Wildman–Crippen LogP) is 1.81. The fraction of sp³-hybridized carbons (Fsp3) is 0.500. The molecule has 2 amide bonds. The molecule has 6 nitrogen and oxygen atoms in total. The second-order valence-corrected chi connectivity index (χ2v) is 7.14. The first-order chi connectivity index (χ1) is 10.1. The van der Waals surface area contributed by atoms with Gasteiger partial charge in [0.05, 0.1) is 10.8 Å². The Balaban J connectivity index is 1.86. The Morgan fingerprint density at radius 2 is 2.14 bits per heavy atom. The van der Waals surface area contributed by atoms with Gasteiger partial charge in [-0.25, -0.2) is 18.2 Å². The van der Waals surface area contributed by atoms with Crippen LogP contribution in [0.3, 0.4) is 0 Å². The number of halogens is 3. The van der Waals surface area contributed by atoms with Gasteiger partial charge in [-0.05, 0) is 24.5 Å². The van der Waals surface area contributed by atoms with Gasteiger partial charge in [-0.1, -0.05) is 0 Å². The topological polar surface area (TPSA) is 88.2 Å². The minimum absolute atomic E-state index is 0.00333. The van der Waals surface area contributed by atoms with E-state index >= 15 is 0 Å². The highest BCUT2D eigenvalue weighted by molar-refractivity contribution is 7.90. The second-order valence-electron chi connectivity index (χ2n) is 5.13. The molecule has 2 atom stereocenters. The van der Waals surface area contributed by atoms with Crippen molar-refractivity contribution in [3.05, 3.63) is 18.3 Å². The first kappa shape index (κ1) is 16.5. The number of amides is 2. The average molecular weight is 337 g/mol. The number of urea groups is 1. The number of carbonyl (C=O) groups is 1. The number of nitrogens with zero attached hydrogens (tertiary/aromatic N) is 1. The van der Waals surface area contributed by atoms with Crippen molar-refractivity contribution in [2.75, 3.05) is 18.1 Å². The van der Waals surface area contributed by atoms with Crippen molar-refractivity contribution in [3.63, 3.8) is 0 Å². The van der Waals surface area contributed by atoms with E-state index < -0.39 is 33.9 Å². The number of nitrogens with one attached hydrogen (secondary N) is 2. The molecule has 0 aliphatic heterocycles. The molecule has 0 radical (unpaired) electrons.